The van der Waals surface area contributed by atoms with Crippen LogP contribution in [0, 0.1) is 5.92 Å². The summed E-state index contributed by atoms with van der Waals surface area (Å²) in [6, 6.07) is 9.96. The van der Waals surface area contributed by atoms with Crippen molar-refractivity contribution in [3.63, 3.8) is 0 Å². The first-order valence-electron chi connectivity index (χ1n) is 13.4. The van der Waals surface area contributed by atoms with Crippen molar-refractivity contribution < 1.29 is 22.7 Å². The largest absolute Gasteiger partial charge is 0.493 e. The SMILES string of the molecule is CCN(CC)CCN(C(=O)c1ccc(S(=O)(=O)N2CCC(C)CC2)cc1)c1nc2cc(OC)c(OC)cc2s1. The summed E-state index contributed by atoms with van der Waals surface area (Å²) in [5, 5.41) is 0.566. The first kappa shape index (κ1) is 29.3. The number of rotatable bonds is 11. The third-order valence-corrected chi connectivity index (χ3v) is 10.3. The number of anilines is 1. The lowest BCUT2D eigenvalue weighted by Gasteiger charge is -2.29. The molecule has 0 saturated carbocycles. The van der Waals surface area contributed by atoms with Crippen LogP contribution in [0.3, 0.4) is 0 Å². The summed E-state index contributed by atoms with van der Waals surface area (Å²) in [5.74, 6) is 1.48. The fourth-order valence-electron chi connectivity index (χ4n) is 4.72. The van der Waals surface area contributed by atoms with Crippen LogP contribution in [-0.4, -0.2) is 82.0 Å². The molecule has 1 saturated heterocycles. The van der Waals surface area contributed by atoms with Gasteiger partial charge in [-0.1, -0.05) is 32.1 Å². The zero-order valence-electron chi connectivity index (χ0n) is 23.3. The predicted molar refractivity (Wildman–Crippen MR) is 156 cm³/mol. The van der Waals surface area contributed by atoms with Gasteiger partial charge in [0.15, 0.2) is 16.6 Å². The van der Waals surface area contributed by atoms with Gasteiger partial charge < -0.3 is 14.4 Å². The molecule has 1 aliphatic rings. The molecule has 0 unspecified atom stereocenters. The third kappa shape index (κ3) is 6.37. The molecule has 0 spiro atoms. The first-order valence-corrected chi connectivity index (χ1v) is 15.6. The number of nitrogens with zero attached hydrogens (tertiary/aromatic N) is 4. The quantitative estimate of drug-likeness (QED) is 0.327. The summed E-state index contributed by atoms with van der Waals surface area (Å²) in [7, 11) is -0.431. The molecule has 0 atom stereocenters. The Morgan fingerprint density at radius 2 is 1.64 bits per heavy atom. The van der Waals surface area contributed by atoms with E-state index in [1.807, 2.05) is 12.1 Å². The number of thiazole rings is 1. The zero-order valence-corrected chi connectivity index (χ0v) is 25.0. The van der Waals surface area contributed by atoms with E-state index in [-0.39, 0.29) is 10.8 Å². The van der Waals surface area contributed by atoms with Gasteiger partial charge in [0.25, 0.3) is 5.91 Å². The number of benzene rings is 2. The van der Waals surface area contributed by atoms with Crippen LogP contribution in [0.25, 0.3) is 10.2 Å². The molecule has 3 aromatic rings. The van der Waals surface area contributed by atoms with Crippen molar-refractivity contribution in [1.29, 1.82) is 0 Å². The van der Waals surface area contributed by atoms with Crippen LogP contribution in [-0.2, 0) is 10.0 Å². The number of piperidine rings is 1. The number of ether oxygens (including phenoxy) is 2. The van der Waals surface area contributed by atoms with Crippen molar-refractivity contribution >= 4 is 42.6 Å². The van der Waals surface area contributed by atoms with Crippen molar-refractivity contribution in [2.75, 3.05) is 58.4 Å². The number of hydrogen-bond donors (Lipinski definition) is 0. The summed E-state index contributed by atoms with van der Waals surface area (Å²) in [6.07, 6.45) is 1.72. The Bertz CT molecular complexity index is 1340. The van der Waals surface area contributed by atoms with Crippen molar-refractivity contribution in [3.05, 3.63) is 42.0 Å². The first-order chi connectivity index (χ1) is 18.7. The molecule has 4 rings (SSSR count). The molecule has 1 fully saturated rings. The number of sulfonamides is 1. The molecule has 9 nitrogen and oxygen atoms in total. The second kappa shape index (κ2) is 12.6. The molecular formula is C28H38N4O5S2. The number of likely N-dealkylation sites (N-methyl/N-ethyl adjacent to an activating group) is 1. The van der Waals surface area contributed by atoms with Gasteiger partial charge in [-0.25, -0.2) is 13.4 Å². The fourth-order valence-corrected chi connectivity index (χ4v) is 7.19. The Balaban J connectivity index is 1.63. The Morgan fingerprint density at radius 1 is 1.03 bits per heavy atom. The van der Waals surface area contributed by atoms with Gasteiger partial charge in [0.05, 0.1) is 29.3 Å². The molecule has 0 radical (unpaired) electrons. The number of methoxy groups -OCH3 is 2. The third-order valence-electron chi connectivity index (χ3n) is 7.37. The normalized spacial score (nSPS) is 15.1. The minimum atomic E-state index is -3.59. The number of fused-ring (bicyclic) bond motifs is 1. The maximum atomic E-state index is 13.8. The lowest BCUT2D eigenvalue weighted by molar-refractivity contribution is 0.0983. The summed E-state index contributed by atoms with van der Waals surface area (Å²) < 4.78 is 39.6. The Hall–Kier alpha value is -2.73. The highest BCUT2D eigenvalue weighted by molar-refractivity contribution is 7.89. The van der Waals surface area contributed by atoms with E-state index in [9.17, 15) is 13.2 Å². The van der Waals surface area contributed by atoms with Crippen LogP contribution in [0.4, 0.5) is 5.13 Å². The molecule has 2 heterocycles. The van der Waals surface area contributed by atoms with Crippen molar-refractivity contribution in [2.45, 2.75) is 38.5 Å². The van der Waals surface area contributed by atoms with Gasteiger partial charge in [-0.3, -0.25) is 9.69 Å². The van der Waals surface area contributed by atoms with E-state index in [1.165, 1.54) is 23.5 Å². The highest BCUT2D eigenvalue weighted by Crippen LogP contribution is 2.37. The molecule has 0 bridgehead atoms. The van der Waals surface area contributed by atoms with Crippen LogP contribution in [0.2, 0.25) is 0 Å². The standard InChI is InChI=1S/C28H38N4O5S2/c1-6-30(7-2)16-17-32(28-29-23-18-24(36-4)25(37-5)19-26(23)38-28)27(33)21-8-10-22(11-9-21)39(34,35)31-14-12-20(3)13-15-31/h8-11,18-20H,6-7,12-17H2,1-5H3. The second-order valence-electron chi connectivity index (χ2n) is 9.77. The number of aromatic nitrogens is 1. The maximum Gasteiger partial charge on any atom is 0.260 e. The van der Waals surface area contributed by atoms with Gasteiger partial charge in [0.2, 0.25) is 10.0 Å². The van der Waals surface area contributed by atoms with Gasteiger partial charge in [-0.05, 0) is 56.1 Å². The molecule has 0 aliphatic carbocycles. The average molecular weight is 575 g/mol. The van der Waals surface area contributed by atoms with Crippen molar-refractivity contribution in [2.24, 2.45) is 5.92 Å². The Labute approximate surface area is 235 Å². The van der Waals surface area contributed by atoms with E-state index in [2.05, 4.69) is 25.7 Å². The van der Waals surface area contributed by atoms with Crippen molar-refractivity contribution in [1.82, 2.24) is 14.2 Å². The molecule has 1 amide bonds. The summed E-state index contributed by atoms with van der Waals surface area (Å²) in [4.78, 5) is 22.7. The predicted octanol–water partition coefficient (Wildman–Crippen LogP) is 4.72. The van der Waals surface area contributed by atoms with E-state index in [1.54, 1.807) is 35.6 Å². The lowest BCUT2D eigenvalue weighted by Crippen LogP contribution is -2.39. The average Bonchev–Trinajstić information content (AvgIpc) is 3.37. The molecule has 1 aromatic heterocycles. The smallest absolute Gasteiger partial charge is 0.260 e. The lowest BCUT2D eigenvalue weighted by atomic mass is 10.0. The Morgan fingerprint density at radius 3 is 2.23 bits per heavy atom. The van der Waals surface area contributed by atoms with Gasteiger partial charge in [0.1, 0.15) is 0 Å². The minimum absolute atomic E-state index is 0.211. The number of amides is 1. The topological polar surface area (TPSA) is 92.3 Å². The number of carbonyl (C=O) groups is 1. The van der Waals surface area contributed by atoms with Crippen LogP contribution in [0.5, 0.6) is 11.5 Å². The maximum absolute atomic E-state index is 13.8. The van der Waals surface area contributed by atoms with E-state index in [0.717, 1.165) is 30.6 Å². The highest BCUT2D eigenvalue weighted by Gasteiger charge is 2.29. The zero-order chi connectivity index (χ0) is 28.2. The van der Waals surface area contributed by atoms with E-state index < -0.39 is 10.0 Å². The molecule has 0 N–H and O–H groups in total. The van der Waals surface area contributed by atoms with Gasteiger partial charge in [0, 0.05) is 43.9 Å². The molecule has 1 aliphatic heterocycles. The van der Waals surface area contributed by atoms with E-state index in [0.29, 0.717) is 59.8 Å². The molecular weight excluding hydrogens is 536 g/mol. The summed E-state index contributed by atoms with van der Waals surface area (Å²) in [6.45, 7) is 10.2. The second-order valence-corrected chi connectivity index (χ2v) is 12.7. The van der Waals surface area contributed by atoms with E-state index >= 15 is 0 Å². The van der Waals surface area contributed by atoms with Crippen molar-refractivity contribution in [3.8, 4) is 11.5 Å². The molecule has 11 heteroatoms. The molecule has 39 heavy (non-hydrogen) atoms. The number of carbonyl (C=O) groups excluding carboxylic acids is 1. The van der Waals surface area contributed by atoms with Gasteiger partial charge in [-0.2, -0.15) is 4.31 Å². The van der Waals surface area contributed by atoms with Gasteiger partial charge in [-0.15, -0.1) is 0 Å². The van der Waals surface area contributed by atoms with Crippen LogP contribution in [0.15, 0.2) is 41.3 Å². The minimum Gasteiger partial charge on any atom is -0.493 e. The van der Waals surface area contributed by atoms with Gasteiger partial charge >= 0.3 is 0 Å². The van der Waals surface area contributed by atoms with Crippen LogP contribution >= 0.6 is 11.3 Å². The van der Waals surface area contributed by atoms with E-state index in [4.69, 9.17) is 14.5 Å². The van der Waals surface area contributed by atoms with Crippen LogP contribution in [0.1, 0.15) is 44.0 Å². The number of hydrogen-bond acceptors (Lipinski definition) is 8. The molecule has 2 aromatic carbocycles. The summed E-state index contributed by atoms with van der Waals surface area (Å²) in [5.41, 5.74) is 1.13. The highest BCUT2D eigenvalue weighted by atomic mass is 32.2. The monoisotopic (exact) mass is 574 g/mol. The molecule has 212 valence electrons. The fraction of sp³-hybridized carbons (Fsp3) is 0.500. The summed E-state index contributed by atoms with van der Waals surface area (Å²) >= 11 is 1.41. The van der Waals surface area contributed by atoms with Crippen LogP contribution < -0.4 is 14.4 Å². The Kier molecular flexibility index (Phi) is 9.47.